The maximum absolute atomic E-state index is 6.08. The normalized spacial score (nSPS) is 11.4. The summed E-state index contributed by atoms with van der Waals surface area (Å²) in [6, 6.07) is 0. The Morgan fingerprint density at radius 2 is 2.50 bits per heavy atom. The van der Waals surface area contributed by atoms with Crippen LogP contribution in [0.25, 0.3) is 4.96 Å². The fraction of sp³-hybridized carbons (Fsp3) is 0.500. The summed E-state index contributed by atoms with van der Waals surface area (Å²) in [6.45, 7) is 1.81. The number of aromatic nitrogens is 2. The van der Waals surface area contributed by atoms with Gasteiger partial charge in [-0.25, -0.2) is 4.98 Å². The second kappa shape index (κ2) is 5.91. The van der Waals surface area contributed by atoms with Gasteiger partial charge in [0.25, 0.3) is 0 Å². The largest absolute Gasteiger partial charge is 0.311 e. The van der Waals surface area contributed by atoms with Gasteiger partial charge in [0.05, 0.1) is 5.69 Å². The summed E-state index contributed by atoms with van der Waals surface area (Å²) in [6.07, 6.45) is 5.32. The first-order valence-electron chi connectivity index (χ1n) is 5.12. The molecule has 6 heteroatoms. The van der Waals surface area contributed by atoms with Gasteiger partial charge in [-0.15, -0.1) is 11.3 Å². The van der Waals surface area contributed by atoms with Gasteiger partial charge < -0.3 is 5.32 Å². The lowest BCUT2D eigenvalue weighted by atomic mass is 10.4. The quantitative estimate of drug-likeness (QED) is 0.822. The van der Waals surface area contributed by atoms with E-state index in [0.717, 1.165) is 23.7 Å². The Kier molecular flexibility index (Phi) is 4.52. The highest BCUT2D eigenvalue weighted by Gasteiger charge is 2.09. The van der Waals surface area contributed by atoms with Crippen LogP contribution in [0.2, 0.25) is 5.15 Å². The number of rotatable bonds is 6. The molecule has 0 saturated heterocycles. The molecule has 0 atom stereocenters. The molecule has 0 unspecified atom stereocenters. The molecule has 2 rings (SSSR count). The third kappa shape index (κ3) is 2.71. The molecule has 0 amide bonds. The first-order valence-corrected chi connectivity index (χ1v) is 7.77. The van der Waals surface area contributed by atoms with Crippen LogP contribution >= 0.6 is 34.7 Å². The maximum atomic E-state index is 6.08. The van der Waals surface area contributed by atoms with Crippen molar-refractivity contribution < 1.29 is 0 Å². The fourth-order valence-corrected chi connectivity index (χ4v) is 2.97. The van der Waals surface area contributed by atoms with E-state index in [4.69, 9.17) is 11.6 Å². The molecule has 1 N–H and O–H groups in total. The molecule has 2 aromatic rings. The van der Waals surface area contributed by atoms with E-state index in [-0.39, 0.29) is 0 Å². The Hall–Kier alpha value is -0.230. The van der Waals surface area contributed by atoms with Gasteiger partial charge in [-0.2, -0.15) is 11.8 Å². The lowest BCUT2D eigenvalue weighted by Crippen LogP contribution is -2.16. The highest BCUT2D eigenvalue weighted by molar-refractivity contribution is 7.98. The van der Waals surface area contributed by atoms with Gasteiger partial charge in [-0.3, -0.25) is 4.40 Å². The van der Waals surface area contributed by atoms with E-state index < -0.39 is 0 Å². The van der Waals surface area contributed by atoms with Crippen molar-refractivity contribution >= 4 is 39.7 Å². The van der Waals surface area contributed by atoms with Crippen LogP contribution in [0.1, 0.15) is 12.1 Å². The van der Waals surface area contributed by atoms with E-state index in [1.807, 2.05) is 23.3 Å². The van der Waals surface area contributed by atoms with Crippen LogP contribution in [0.3, 0.4) is 0 Å². The van der Waals surface area contributed by atoms with Gasteiger partial charge >= 0.3 is 0 Å². The van der Waals surface area contributed by atoms with Crippen molar-refractivity contribution in [1.82, 2.24) is 14.7 Å². The van der Waals surface area contributed by atoms with Crippen molar-refractivity contribution in [3.05, 3.63) is 22.4 Å². The summed E-state index contributed by atoms with van der Waals surface area (Å²) in [7, 11) is 0. The van der Waals surface area contributed by atoms with Crippen molar-refractivity contribution in [2.24, 2.45) is 0 Å². The third-order valence-corrected chi connectivity index (χ3v) is 4.06. The molecule has 0 radical (unpaired) electrons. The van der Waals surface area contributed by atoms with Gasteiger partial charge in [0.2, 0.25) is 0 Å². The van der Waals surface area contributed by atoms with Crippen LogP contribution in [-0.4, -0.2) is 27.9 Å². The van der Waals surface area contributed by atoms with Crippen LogP contribution in [-0.2, 0) is 6.54 Å². The van der Waals surface area contributed by atoms with E-state index >= 15 is 0 Å². The third-order valence-electron chi connectivity index (χ3n) is 2.31. The molecule has 2 heterocycles. The number of nitrogens with zero attached hydrogens (tertiary/aromatic N) is 2. The van der Waals surface area contributed by atoms with E-state index in [1.54, 1.807) is 11.3 Å². The van der Waals surface area contributed by atoms with E-state index in [0.29, 0.717) is 5.15 Å². The molecule has 0 aliphatic carbocycles. The molecule has 0 aliphatic rings. The van der Waals surface area contributed by atoms with E-state index in [9.17, 15) is 0 Å². The summed E-state index contributed by atoms with van der Waals surface area (Å²) in [4.78, 5) is 5.25. The van der Waals surface area contributed by atoms with Crippen LogP contribution in [0.5, 0.6) is 0 Å². The number of fused-ring (bicyclic) bond motifs is 1. The lowest BCUT2D eigenvalue weighted by molar-refractivity contribution is 0.665. The van der Waals surface area contributed by atoms with Gasteiger partial charge in [0, 0.05) is 18.1 Å². The van der Waals surface area contributed by atoms with Crippen LogP contribution in [0, 0.1) is 0 Å². The molecule has 0 saturated carbocycles. The second-order valence-electron chi connectivity index (χ2n) is 3.43. The molecule has 0 fully saturated rings. The van der Waals surface area contributed by atoms with Crippen LogP contribution in [0.4, 0.5) is 0 Å². The Labute approximate surface area is 108 Å². The predicted molar refractivity (Wildman–Crippen MR) is 72.8 cm³/mol. The SMILES string of the molecule is CSCCCNCc1c(Cl)nc2sccn12. The van der Waals surface area contributed by atoms with Crippen molar-refractivity contribution in [3.63, 3.8) is 0 Å². The van der Waals surface area contributed by atoms with E-state index in [2.05, 4.69) is 21.0 Å². The predicted octanol–water partition coefficient (Wildman–Crippen LogP) is 2.89. The van der Waals surface area contributed by atoms with Gasteiger partial charge in [0.1, 0.15) is 0 Å². The Bertz CT molecular complexity index is 452. The second-order valence-corrected chi connectivity index (χ2v) is 5.64. The standard InChI is InChI=1S/C10H14ClN3S2/c1-15-5-2-3-12-7-8-9(11)13-10-14(8)4-6-16-10/h4,6,12H,2-3,5,7H2,1H3. The topological polar surface area (TPSA) is 29.3 Å². The summed E-state index contributed by atoms with van der Waals surface area (Å²) in [5.74, 6) is 1.20. The number of hydrogen-bond donors (Lipinski definition) is 1. The van der Waals surface area contributed by atoms with Crippen LogP contribution in [0.15, 0.2) is 11.6 Å². The highest BCUT2D eigenvalue weighted by Crippen LogP contribution is 2.20. The smallest absolute Gasteiger partial charge is 0.195 e. The monoisotopic (exact) mass is 275 g/mol. The number of thiazole rings is 1. The van der Waals surface area contributed by atoms with Gasteiger partial charge in [-0.05, 0) is 25.0 Å². The zero-order chi connectivity index (χ0) is 11.4. The fourth-order valence-electron chi connectivity index (χ4n) is 1.51. The summed E-state index contributed by atoms with van der Waals surface area (Å²) in [5.41, 5.74) is 1.06. The van der Waals surface area contributed by atoms with Crippen molar-refractivity contribution in [3.8, 4) is 0 Å². The summed E-state index contributed by atoms with van der Waals surface area (Å²) < 4.78 is 2.05. The minimum atomic E-state index is 0.615. The average Bonchev–Trinajstić information content (AvgIpc) is 2.80. The average molecular weight is 276 g/mol. The number of hydrogen-bond acceptors (Lipinski definition) is 4. The number of imidazole rings is 1. The Morgan fingerprint density at radius 1 is 1.62 bits per heavy atom. The van der Waals surface area contributed by atoms with Crippen molar-refractivity contribution in [2.75, 3.05) is 18.6 Å². The zero-order valence-electron chi connectivity index (χ0n) is 9.07. The molecule has 88 valence electrons. The molecule has 0 aliphatic heterocycles. The molecule has 2 aromatic heterocycles. The minimum Gasteiger partial charge on any atom is -0.311 e. The number of thioether (sulfide) groups is 1. The molecule has 0 aromatic carbocycles. The van der Waals surface area contributed by atoms with Gasteiger partial charge in [0.15, 0.2) is 10.1 Å². The minimum absolute atomic E-state index is 0.615. The molecular weight excluding hydrogens is 262 g/mol. The maximum Gasteiger partial charge on any atom is 0.195 e. The van der Waals surface area contributed by atoms with E-state index in [1.165, 1.54) is 12.2 Å². The van der Waals surface area contributed by atoms with Crippen LogP contribution < -0.4 is 5.32 Å². The molecule has 16 heavy (non-hydrogen) atoms. The van der Waals surface area contributed by atoms with Crippen molar-refractivity contribution in [1.29, 1.82) is 0 Å². The Morgan fingerprint density at radius 3 is 3.31 bits per heavy atom. The van der Waals surface area contributed by atoms with Gasteiger partial charge in [-0.1, -0.05) is 11.6 Å². The zero-order valence-corrected chi connectivity index (χ0v) is 11.5. The number of halogens is 1. The molecule has 0 bridgehead atoms. The molecule has 3 nitrogen and oxygen atoms in total. The molecule has 0 spiro atoms. The molecular formula is C10H14ClN3S2. The van der Waals surface area contributed by atoms with Crippen molar-refractivity contribution in [2.45, 2.75) is 13.0 Å². The summed E-state index contributed by atoms with van der Waals surface area (Å²) >= 11 is 9.56. The first-order chi connectivity index (χ1) is 7.83. The highest BCUT2D eigenvalue weighted by atomic mass is 35.5. The Balaban J connectivity index is 1.93. The number of nitrogens with one attached hydrogen (secondary N) is 1. The first kappa shape index (κ1) is 12.2. The lowest BCUT2D eigenvalue weighted by Gasteiger charge is -2.03. The summed E-state index contributed by atoms with van der Waals surface area (Å²) in [5, 5.41) is 6.03.